The van der Waals surface area contributed by atoms with E-state index in [2.05, 4.69) is 10.3 Å². The number of nitrogens with zero attached hydrogens (tertiary/aromatic N) is 1. The number of halogens is 2. The summed E-state index contributed by atoms with van der Waals surface area (Å²) in [5.74, 6) is -0.981. The first-order chi connectivity index (χ1) is 13.8. The van der Waals surface area contributed by atoms with Gasteiger partial charge in [0, 0.05) is 16.1 Å². The smallest absolute Gasteiger partial charge is 0.230 e. The van der Waals surface area contributed by atoms with Gasteiger partial charge in [0.15, 0.2) is 15.0 Å². The van der Waals surface area contributed by atoms with Crippen LogP contribution in [0.4, 0.5) is 5.13 Å². The van der Waals surface area contributed by atoms with Gasteiger partial charge < -0.3 is 5.32 Å². The molecule has 1 amide bonds. The minimum absolute atomic E-state index is 0.0404. The van der Waals surface area contributed by atoms with Gasteiger partial charge in [-0.25, -0.2) is 13.4 Å². The normalized spacial score (nSPS) is 17.9. The average molecular weight is 467 g/mol. The summed E-state index contributed by atoms with van der Waals surface area (Å²) in [4.78, 5) is 17.9. The van der Waals surface area contributed by atoms with Crippen LogP contribution < -0.4 is 5.32 Å². The second-order valence-corrected chi connectivity index (χ2v) is 10.8. The van der Waals surface area contributed by atoms with Crippen LogP contribution in [0.5, 0.6) is 0 Å². The molecule has 1 aromatic heterocycles. The highest BCUT2D eigenvalue weighted by Gasteiger charge is 2.33. The van der Waals surface area contributed by atoms with Crippen LogP contribution in [0, 0.1) is 5.92 Å². The van der Waals surface area contributed by atoms with Crippen LogP contribution in [0.25, 0.3) is 21.7 Å². The third-order valence-electron chi connectivity index (χ3n) is 4.71. The lowest BCUT2D eigenvalue weighted by Crippen LogP contribution is -2.23. The van der Waals surface area contributed by atoms with Crippen molar-refractivity contribution < 1.29 is 13.2 Å². The molecule has 1 aliphatic heterocycles. The van der Waals surface area contributed by atoms with Gasteiger partial charge in [-0.15, -0.1) is 0 Å². The maximum Gasteiger partial charge on any atom is 0.230 e. The molecule has 1 saturated heterocycles. The van der Waals surface area contributed by atoms with Gasteiger partial charge in [0.05, 0.1) is 33.0 Å². The van der Waals surface area contributed by atoms with E-state index in [-0.39, 0.29) is 17.4 Å². The van der Waals surface area contributed by atoms with Gasteiger partial charge in [0.2, 0.25) is 5.91 Å². The minimum Gasteiger partial charge on any atom is -0.302 e. The van der Waals surface area contributed by atoms with Crippen LogP contribution in [0.3, 0.4) is 0 Å². The van der Waals surface area contributed by atoms with Gasteiger partial charge in [-0.05, 0) is 18.6 Å². The largest absolute Gasteiger partial charge is 0.302 e. The van der Waals surface area contributed by atoms with Gasteiger partial charge in [0.25, 0.3) is 0 Å². The summed E-state index contributed by atoms with van der Waals surface area (Å²) in [6.45, 7) is 0. The molecule has 2 heterocycles. The molecule has 5 nitrogen and oxygen atoms in total. The zero-order chi connectivity index (χ0) is 20.6. The molecule has 1 aliphatic rings. The van der Waals surface area contributed by atoms with Gasteiger partial charge in [-0.3, -0.25) is 4.79 Å². The van der Waals surface area contributed by atoms with Crippen molar-refractivity contribution in [2.75, 3.05) is 16.8 Å². The number of amides is 1. The van der Waals surface area contributed by atoms with E-state index >= 15 is 0 Å². The van der Waals surface area contributed by atoms with E-state index in [1.165, 1.54) is 11.3 Å². The molecular weight excluding hydrogens is 451 g/mol. The number of aromatic nitrogens is 1. The molecule has 4 rings (SSSR count). The summed E-state index contributed by atoms with van der Waals surface area (Å²) in [6.07, 6.45) is 0.328. The molecular formula is C20H16Cl2N2O3S2. The number of carbonyl (C=O) groups excluding carboxylic acids is 1. The van der Waals surface area contributed by atoms with E-state index < -0.39 is 15.8 Å². The highest BCUT2D eigenvalue weighted by Crippen LogP contribution is 2.43. The number of hydrogen-bond acceptors (Lipinski definition) is 5. The second-order valence-electron chi connectivity index (χ2n) is 6.75. The molecule has 9 heteroatoms. The van der Waals surface area contributed by atoms with Crippen molar-refractivity contribution in [2.24, 2.45) is 5.92 Å². The number of rotatable bonds is 4. The number of anilines is 1. The molecule has 1 fully saturated rings. The first kappa shape index (κ1) is 20.3. The van der Waals surface area contributed by atoms with Crippen LogP contribution in [0.1, 0.15) is 6.42 Å². The fraction of sp³-hybridized carbons (Fsp3) is 0.200. The molecule has 1 N–H and O–H groups in total. The van der Waals surface area contributed by atoms with Crippen molar-refractivity contribution in [3.63, 3.8) is 0 Å². The lowest BCUT2D eigenvalue weighted by molar-refractivity contribution is -0.119. The predicted octanol–water partition coefficient (Wildman–Crippen LogP) is 5.16. The lowest BCUT2D eigenvalue weighted by atomic mass is 10.1. The van der Waals surface area contributed by atoms with E-state index in [4.69, 9.17) is 23.2 Å². The van der Waals surface area contributed by atoms with Crippen molar-refractivity contribution in [3.8, 4) is 21.7 Å². The zero-order valence-electron chi connectivity index (χ0n) is 15.1. The van der Waals surface area contributed by atoms with E-state index in [0.717, 1.165) is 16.0 Å². The SMILES string of the molecule is O=C(Nc1nc(-c2ccccc2Cl)c(-c2ccccc2Cl)s1)C1CCS(=O)(=O)C1. The quantitative estimate of drug-likeness (QED) is 0.575. The van der Waals surface area contributed by atoms with Crippen molar-refractivity contribution in [3.05, 3.63) is 58.6 Å². The maximum absolute atomic E-state index is 12.6. The first-order valence-electron chi connectivity index (χ1n) is 8.86. The summed E-state index contributed by atoms with van der Waals surface area (Å²) in [7, 11) is -3.15. The molecule has 0 radical (unpaired) electrons. The molecule has 1 atom stereocenters. The molecule has 2 aromatic carbocycles. The standard InChI is InChI=1S/C20H16Cl2N2O3S2/c21-15-7-3-1-5-13(15)17-18(14-6-2-4-8-16(14)22)28-20(23-17)24-19(25)12-9-10-29(26,27)11-12/h1-8,12H,9-11H2,(H,23,24,25). The Hall–Kier alpha value is -1.93. The van der Waals surface area contributed by atoms with Crippen LogP contribution in [0.2, 0.25) is 10.0 Å². The van der Waals surface area contributed by atoms with Gasteiger partial charge >= 0.3 is 0 Å². The summed E-state index contributed by atoms with van der Waals surface area (Å²) >= 11 is 14.1. The van der Waals surface area contributed by atoms with Crippen LogP contribution in [-0.2, 0) is 14.6 Å². The topological polar surface area (TPSA) is 76.1 Å². The average Bonchev–Trinajstić information content (AvgIpc) is 3.25. The number of sulfone groups is 1. The van der Waals surface area contributed by atoms with Gasteiger partial charge in [0.1, 0.15) is 0 Å². The first-order valence-corrected chi connectivity index (χ1v) is 12.3. The molecule has 29 heavy (non-hydrogen) atoms. The van der Waals surface area contributed by atoms with Crippen LogP contribution in [0.15, 0.2) is 48.5 Å². The summed E-state index contributed by atoms with van der Waals surface area (Å²) in [6, 6.07) is 14.7. The van der Waals surface area contributed by atoms with Crippen molar-refractivity contribution in [1.29, 1.82) is 0 Å². The van der Waals surface area contributed by atoms with Crippen LogP contribution in [-0.4, -0.2) is 30.8 Å². The summed E-state index contributed by atoms with van der Waals surface area (Å²) in [5, 5.41) is 4.25. The molecule has 1 unspecified atom stereocenters. The Balaban J connectivity index is 1.73. The van der Waals surface area contributed by atoms with E-state index in [0.29, 0.717) is 27.3 Å². The van der Waals surface area contributed by atoms with Gasteiger partial charge in [-0.2, -0.15) is 0 Å². The second kappa shape index (κ2) is 8.07. The fourth-order valence-corrected chi connectivity index (χ4v) is 6.52. The monoisotopic (exact) mass is 466 g/mol. The third-order valence-corrected chi connectivity index (χ3v) is 8.14. The van der Waals surface area contributed by atoms with Gasteiger partial charge in [-0.1, -0.05) is 70.9 Å². The van der Waals surface area contributed by atoms with Crippen molar-refractivity contribution in [1.82, 2.24) is 4.98 Å². The Kier molecular flexibility index (Phi) is 5.66. The molecule has 3 aromatic rings. The Morgan fingerprint density at radius 3 is 2.24 bits per heavy atom. The molecule has 150 valence electrons. The third kappa shape index (κ3) is 4.33. The Labute approximate surface area is 182 Å². The van der Waals surface area contributed by atoms with Crippen LogP contribution >= 0.6 is 34.5 Å². The lowest BCUT2D eigenvalue weighted by Gasteiger charge is -2.06. The molecule has 0 saturated carbocycles. The number of carbonyl (C=O) groups is 1. The summed E-state index contributed by atoms with van der Waals surface area (Å²) in [5.41, 5.74) is 2.12. The minimum atomic E-state index is -3.15. The van der Waals surface area contributed by atoms with E-state index in [9.17, 15) is 13.2 Å². The Morgan fingerprint density at radius 1 is 1.03 bits per heavy atom. The molecule has 0 bridgehead atoms. The Bertz CT molecular complexity index is 1130. The van der Waals surface area contributed by atoms with E-state index in [1.54, 1.807) is 12.1 Å². The summed E-state index contributed by atoms with van der Waals surface area (Å²) < 4.78 is 23.4. The fourth-order valence-electron chi connectivity index (χ4n) is 3.25. The number of nitrogens with one attached hydrogen (secondary N) is 1. The molecule has 0 spiro atoms. The maximum atomic E-state index is 12.6. The number of benzene rings is 2. The Morgan fingerprint density at radius 2 is 1.66 bits per heavy atom. The van der Waals surface area contributed by atoms with E-state index in [1.807, 2.05) is 36.4 Å². The van der Waals surface area contributed by atoms with Crippen molar-refractivity contribution in [2.45, 2.75) is 6.42 Å². The number of hydrogen-bond donors (Lipinski definition) is 1. The number of thiazole rings is 1. The predicted molar refractivity (Wildman–Crippen MR) is 118 cm³/mol. The van der Waals surface area contributed by atoms with Crippen molar-refractivity contribution >= 4 is 55.4 Å². The highest BCUT2D eigenvalue weighted by atomic mass is 35.5. The highest BCUT2D eigenvalue weighted by molar-refractivity contribution is 7.91. The zero-order valence-corrected chi connectivity index (χ0v) is 18.2. The molecule has 0 aliphatic carbocycles.